The molecule has 7 aromatic heterocycles. The first-order valence-corrected chi connectivity index (χ1v) is 47.2. The highest BCUT2D eigenvalue weighted by Crippen LogP contribution is 2.61. The Kier molecular flexibility index (Phi) is 58.1. The second kappa shape index (κ2) is 61.9. The van der Waals surface area contributed by atoms with Crippen LogP contribution in [0, 0.1) is 139 Å². The number of ketones is 3. The minimum absolute atomic E-state index is 0. The van der Waals surface area contributed by atoms with Crippen LogP contribution in [0.3, 0.4) is 0 Å². The number of nitriles is 1. The Balaban J connectivity index is 0.00000142. The number of esters is 1. The number of aliphatic hydroxyl groups is 2. The number of aliphatic hydroxyl groups excluding tert-OH is 2. The molecule has 34 heteroatoms. The number of aromatic nitrogens is 7. The number of halogens is 6. The second-order valence-corrected chi connectivity index (χ2v) is 38.9. The van der Waals surface area contributed by atoms with Gasteiger partial charge in [-0.1, -0.05) is 97.6 Å². The zero-order valence-electron chi connectivity index (χ0n) is 78.6. The van der Waals surface area contributed by atoms with Crippen LogP contribution in [0.15, 0.2) is 64.1 Å². The number of aromatic amines is 1. The van der Waals surface area contributed by atoms with E-state index in [1.807, 2.05) is 141 Å². The number of nitrogens with two attached hydrogens (primary N) is 1. The Morgan fingerprint density at radius 2 is 0.984 bits per heavy atom. The van der Waals surface area contributed by atoms with Crippen molar-refractivity contribution in [3.63, 3.8) is 0 Å². The van der Waals surface area contributed by atoms with E-state index in [-0.39, 0.29) is 103 Å². The molecule has 4 aliphatic rings. The average Bonchev–Trinajstić information content (AvgIpc) is 1.02. The number of hydrogen-bond donors (Lipinski definition) is 4. The van der Waals surface area contributed by atoms with E-state index in [0.717, 1.165) is 126 Å². The summed E-state index contributed by atoms with van der Waals surface area (Å²) in [4.78, 5) is 98.8. The number of nitrogens with one attached hydrogen (secondary N) is 1. The SMILES string of the molecule is C.CC(=O)C(C)C.CCO/C=C(\C(C)=O)C(=O)OCC.Cc1cc(C#N)c(Cl)nc1C.Cc1cc(C)c(=O)[nH]c1C.Cc1cc(C2OCCO2)c(CC(=O)C(C)C)nc1C.Cc1cc(C2OCCO2)c(CC(N)C(C)C)nc1C.Cc1cc(C2OCCO2)c(Cl)nc1C.Cc1cc(C=O)c(Cl)nc1C.Cc1cc2c(nc1C)CC(C(C)C)N=C2.O=P(Cl)(Cl)Cl.OCCO. The van der Waals surface area contributed by atoms with E-state index in [0.29, 0.717) is 93.1 Å². The van der Waals surface area contributed by atoms with Crippen molar-refractivity contribution in [3.05, 3.63) is 215 Å². The third-order valence-electron chi connectivity index (χ3n) is 19.6. The first-order valence-electron chi connectivity index (χ1n) is 41.6. The molecule has 2 unspecified atom stereocenters. The second-order valence-electron chi connectivity index (χ2n) is 31.2. The summed E-state index contributed by atoms with van der Waals surface area (Å²) >= 11 is 31.2. The number of ether oxygens (including phenoxy) is 8. The number of aldehydes is 1. The van der Waals surface area contributed by atoms with Crippen molar-refractivity contribution in [1.82, 2.24) is 34.9 Å². The molecule has 0 bridgehead atoms. The van der Waals surface area contributed by atoms with Crippen molar-refractivity contribution in [2.24, 2.45) is 34.4 Å². The first kappa shape index (κ1) is 120. The van der Waals surface area contributed by atoms with Gasteiger partial charge in [0.15, 0.2) is 30.9 Å². The molecule has 0 aliphatic carbocycles. The lowest BCUT2D eigenvalue weighted by Gasteiger charge is -2.21. The van der Waals surface area contributed by atoms with Crippen LogP contribution in [0.4, 0.5) is 0 Å². The number of H-pyrrole nitrogens is 1. The number of hydrogen-bond acceptors (Lipinski definition) is 26. The number of Topliss-reactive ketones (excluding diaryl/α,β-unsaturated/α-hetero) is 3. The van der Waals surface area contributed by atoms with Crippen molar-refractivity contribution in [2.45, 2.75) is 245 Å². The number of carbonyl (C=O) groups is 5. The highest BCUT2D eigenvalue weighted by atomic mass is 36.0. The maximum atomic E-state index is 12.0. The fourth-order valence-electron chi connectivity index (χ4n) is 10.5. The highest BCUT2D eigenvalue weighted by Gasteiger charge is 2.28. The first-order chi connectivity index (χ1) is 59.3. The van der Waals surface area contributed by atoms with E-state index in [2.05, 4.69) is 134 Å². The summed E-state index contributed by atoms with van der Waals surface area (Å²) in [5.41, 5.74) is 29.3. The van der Waals surface area contributed by atoms with Crippen LogP contribution in [-0.2, 0) is 80.9 Å². The maximum absolute atomic E-state index is 12.0. The zero-order valence-corrected chi connectivity index (χ0v) is 84.0. The molecule has 2 atom stereocenters. The molecule has 710 valence electrons. The fraction of sp³-hybridized carbons (Fsp3) is 0.532. The molecule has 27 nitrogen and oxygen atoms in total. The molecule has 0 saturated carbocycles. The van der Waals surface area contributed by atoms with Gasteiger partial charge in [0, 0.05) is 111 Å². The predicted molar refractivity (Wildman–Crippen MR) is 511 cm³/mol. The van der Waals surface area contributed by atoms with E-state index >= 15 is 0 Å². The van der Waals surface area contributed by atoms with Gasteiger partial charge in [0.25, 0.3) is 5.56 Å². The van der Waals surface area contributed by atoms with E-state index in [1.165, 1.54) is 23.7 Å². The lowest BCUT2D eigenvalue weighted by atomic mass is 9.94. The molecule has 0 aromatic carbocycles. The Morgan fingerprint density at radius 1 is 0.578 bits per heavy atom. The smallest absolute Gasteiger partial charge is 0.344 e. The molecule has 3 fully saturated rings. The van der Waals surface area contributed by atoms with Gasteiger partial charge in [0.2, 0.25) is 0 Å². The Hall–Kier alpha value is -7.69. The van der Waals surface area contributed by atoms with Crippen LogP contribution < -0.4 is 11.3 Å². The Morgan fingerprint density at radius 3 is 1.39 bits per heavy atom. The molecule has 0 amide bonds. The molecule has 3 saturated heterocycles. The van der Waals surface area contributed by atoms with Crippen LogP contribution in [0.25, 0.3) is 0 Å². The Labute approximate surface area is 787 Å². The van der Waals surface area contributed by atoms with Crippen LogP contribution in [-0.4, -0.2) is 159 Å². The maximum Gasteiger partial charge on any atom is 0.344 e. The van der Waals surface area contributed by atoms with Crippen molar-refractivity contribution in [2.75, 3.05) is 66.1 Å². The van der Waals surface area contributed by atoms with E-state index in [9.17, 15) is 33.3 Å². The van der Waals surface area contributed by atoms with Crippen LogP contribution in [0.2, 0.25) is 15.5 Å². The predicted octanol–water partition coefficient (Wildman–Crippen LogP) is 20.3. The van der Waals surface area contributed by atoms with Gasteiger partial charge >= 0.3 is 11.2 Å². The third-order valence-corrected chi connectivity index (χ3v) is 20.5. The van der Waals surface area contributed by atoms with Gasteiger partial charge in [0.1, 0.15) is 44.9 Å². The summed E-state index contributed by atoms with van der Waals surface area (Å²) in [6.45, 7) is 56.1. The monoisotopic (exact) mass is 1920 g/mol. The van der Waals surface area contributed by atoms with Gasteiger partial charge in [-0.05, 0) is 259 Å². The van der Waals surface area contributed by atoms with Crippen molar-refractivity contribution in [3.8, 4) is 6.07 Å². The molecule has 7 aromatic rings. The molecular weight excluding hydrogens is 1780 g/mol. The number of nitrogens with zero attached hydrogens (tertiary/aromatic N) is 8. The summed E-state index contributed by atoms with van der Waals surface area (Å²) in [6, 6.07) is 16.2. The van der Waals surface area contributed by atoms with E-state index < -0.39 is 11.2 Å². The quantitative estimate of drug-likeness (QED) is 0.00906. The Bertz CT molecular complexity index is 4910. The lowest BCUT2D eigenvalue weighted by molar-refractivity contribution is -0.140. The number of carbonyl (C=O) groups excluding carboxylic acids is 5. The summed E-state index contributed by atoms with van der Waals surface area (Å²) < 4.78 is 52.1. The summed E-state index contributed by atoms with van der Waals surface area (Å²) in [5.74, 6) is 0.714. The molecular formula is C94H135Cl6N10O17P. The van der Waals surface area contributed by atoms with Crippen molar-refractivity contribution >= 4 is 110 Å². The molecule has 5 N–H and O–H groups in total. The number of rotatable bonds is 18. The minimum atomic E-state index is -3.22. The molecule has 0 radical (unpaired) electrons. The van der Waals surface area contributed by atoms with E-state index in [4.69, 9.17) is 94.2 Å². The van der Waals surface area contributed by atoms with Gasteiger partial charge in [-0.15, -0.1) is 0 Å². The average molecular weight is 1920 g/mol. The third kappa shape index (κ3) is 45.0. The molecule has 11 heterocycles. The zero-order chi connectivity index (χ0) is 97.0. The van der Waals surface area contributed by atoms with Crippen molar-refractivity contribution in [1.29, 1.82) is 5.26 Å². The van der Waals surface area contributed by atoms with Crippen LogP contribution in [0.5, 0.6) is 0 Å². The molecule has 128 heavy (non-hydrogen) atoms. The molecule has 0 spiro atoms. The van der Waals surface area contributed by atoms with Crippen molar-refractivity contribution < 1.29 is 76.6 Å². The number of aryl methyl sites for hydroxylation is 15. The summed E-state index contributed by atoms with van der Waals surface area (Å²) in [6.07, 6.45) is 4.95. The standard InChI is InChI=1S/C15H24N2O2.C15H21NO3.C13H18N2.C10H12ClNO2.C9H14O4.C8H7ClN2.C8H8ClNO.C8H11NO.C5H10O.C2H6O2.CH4.Cl3OP/c1-9(2)13(16)8-14-12(15-18-5-6-19-15)7-10(3)11(4)17-14;1-9(2)14(17)8-13-12(15-18-5-6-19-15)7-10(3)11(4)16-13;1-8(2)12-6-13-11(7-14-12)5-9(3)10(4)15-13;1-6-5-8(9(11)12-7(6)2)10-13-3-4-14-10;1-4-12-6-8(7(3)10)9(11)13-5-2;1-5-3-7(4-10)8(9)11-6(5)2;1-5-3-7(4-11)8(9)10-6(5)2;1-5-4-6(2)8(10)9-7(5)3;1-4(2)5(3)6;3-1-2-4;;1-5(2,3)4/h7,9,13,15H,5-6,8,16H2,1-4H3;7,9,15H,5-6,8H2,1-4H3;5,7-8,12H,6H2,1-4H3;5,10H,3-4H2,1-2H3;6H,4-5H2,1-3H3;3H,1-2H3;3-4H,1-2H3;4H,1-3H3,(H,9,10);4H,1-3H3;3-4H,1-2H2;1H4;/b;;;;8-6+;;;;;;;. The molecule has 11 rings (SSSR count). The van der Waals surface area contributed by atoms with Gasteiger partial charge < -0.3 is 58.8 Å². The van der Waals surface area contributed by atoms with Crippen LogP contribution >= 0.6 is 73.7 Å². The van der Waals surface area contributed by atoms with Crippen LogP contribution in [0.1, 0.15) is 249 Å². The number of fused-ring (bicyclic) bond motifs is 1. The fourth-order valence-corrected chi connectivity index (χ4v) is 11.2. The summed E-state index contributed by atoms with van der Waals surface area (Å²) in [5, 5.41) is 21.6. The summed E-state index contributed by atoms with van der Waals surface area (Å²) in [7, 11) is 0. The van der Waals surface area contributed by atoms with Gasteiger partial charge in [-0.3, -0.25) is 48.5 Å². The number of aliphatic imine (C=N–C) groups is 1. The van der Waals surface area contributed by atoms with Gasteiger partial charge in [-0.25, -0.2) is 19.7 Å². The topological polar surface area (TPSA) is 389 Å². The highest BCUT2D eigenvalue weighted by molar-refractivity contribution is 8.24. The number of pyridine rings is 7. The van der Waals surface area contributed by atoms with Gasteiger partial charge in [-0.2, -0.15) is 5.26 Å². The molecule has 4 aliphatic heterocycles. The van der Waals surface area contributed by atoms with E-state index in [1.54, 1.807) is 32.9 Å². The lowest BCUT2D eigenvalue weighted by Crippen LogP contribution is -2.30. The minimum Gasteiger partial charge on any atom is -0.500 e. The van der Waals surface area contributed by atoms with Gasteiger partial charge in [0.05, 0.1) is 100 Å². The normalized spacial score (nSPS) is 14.0. The largest absolute Gasteiger partial charge is 0.500 e.